The molecule has 3 nitrogen and oxygen atoms in total. The minimum Gasteiger partial charge on any atom is -0.382 e. The van der Waals surface area contributed by atoms with E-state index in [1.54, 1.807) is 17.8 Å². The summed E-state index contributed by atoms with van der Waals surface area (Å²) in [5.41, 5.74) is 7.37. The van der Waals surface area contributed by atoms with Crippen LogP contribution in [0.15, 0.2) is 41.3 Å². The zero-order valence-electron chi connectivity index (χ0n) is 8.34. The van der Waals surface area contributed by atoms with Gasteiger partial charge in [0.1, 0.15) is 5.82 Å². The molecule has 0 spiro atoms. The van der Waals surface area contributed by atoms with Crippen LogP contribution in [-0.4, -0.2) is 16.5 Å². The summed E-state index contributed by atoms with van der Waals surface area (Å²) in [6, 6.07) is 11.8. The van der Waals surface area contributed by atoms with Gasteiger partial charge in [-0.3, -0.25) is 0 Å². The van der Waals surface area contributed by atoms with Gasteiger partial charge in [0.2, 0.25) is 0 Å². The molecule has 0 saturated heterocycles. The number of benzene rings is 1. The summed E-state index contributed by atoms with van der Waals surface area (Å²) in [5.74, 6) is 0.444. The molecule has 0 aliphatic rings. The minimum atomic E-state index is 0.444. The number of rotatable bonds is 2. The van der Waals surface area contributed by atoms with Crippen LogP contribution in [0.5, 0.6) is 0 Å². The number of nitrogen functional groups attached to an aromatic ring is 1. The van der Waals surface area contributed by atoms with Crippen LogP contribution in [0.4, 0.5) is 5.82 Å². The molecule has 1 heterocycles. The van der Waals surface area contributed by atoms with Gasteiger partial charge in [-0.1, -0.05) is 12.1 Å². The molecule has 1 aromatic heterocycles. The summed E-state index contributed by atoms with van der Waals surface area (Å²) < 4.78 is 0. The van der Waals surface area contributed by atoms with E-state index < -0.39 is 0 Å². The lowest BCUT2D eigenvalue weighted by atomic mass is 10.1. The molecule has 0 fully saturated rings. The molecule has 0 radical (unpaired) electrons. The third-order valence-electron chi connectivity index (χ3n) is 2.07. The summed E-state index contributed by atoms with van der Waals surface area (Å²) in [5, 5.41) is 7.84. The van der Waals surface area contributed by atoms with Gasteiger partial charge in [0, 0.05) is 10.5 Å². The molecular formula is C11H11N3S. The van der Waals surface area contributed by atoms with Crippen molar-refractivity contribution in [3.8, 4) is 11.3 Å². The first-order valence-corrected chi connectivity index (χ1v) is 5.76. The van der Waals surface area contributed by atoms with Crippen LogP contribution in [-0.2, 0) is 0 Å². The third kappa shape index (κ3) is 2.27. The second-order valence-corrected chi connectivity index (χ2v) is 3.95. The predicted octanol–water partition coefficient (Wildman–Crippen LogP) is 2.45. The van der Waals surface area contributed by atoms with Crippen LogP contribution in [0.3, 0.4) is 0 Å². The van der Waals surface area contributed by atoms with Crippen molar-refractivity contribution < 1.29 is 0 Å². The van der Waals surface area contributed by atoms with Gasteiger partial charge in [-0.2, -0.15) is 0 Å². The number of hydrogen-bond donors (Lipinski definition) is 1. The lowest BCUT2D eigenvalue weighted by Gasteiger charge is -2.01. The van der Waals surface area contributed by atoms with E-state index in [0.717, 1.165) is 11.3 Å². The molecule has 0 bridgehead atoms. The fourth-order valence-corrected chi connectivity index (χ4v) is 1.67. The molecule has 76 valence electrons. The third-order valence-corrected chi connectivity index (χ3v) is 2.81. The summed E-state index contributed by atoms with van der Waals surface area (Å²) in [4.78, 5) is 1.24. The van der Waals surface area contributed by atoms with Gasteiger partial charge < -0.3 is 5.73 Å². The molecular weight excluding hydrogens is 206 g/mol. The number of hydrogen-bond acceptors (Lipinski definition) is 4. The van der Waals surface area contributed by atoms with Gasteiger partial charge in [0.25, 0.3) is 0 Å². The molecule has 2 rings (SSSR count). The molecule has 0 aliphatic carbocycles. The molecule has 0 aliphatic heterocycles. The number of anilines is 1. The van der Waals surface area contributed by atoms with Gasteiger partial charge in [-0.25, -0.2) is 0 Å². The van der Waals surface area contributed by atoms with Crippen LogP contribution in [0.1, 0.15) is 0 Å². The molecule has 0 amide bonds. The van der Waals surface area contributed by atoms with Crippen molar-refractivity contribution in [2.24, 2.45) is 0 Å². The average molecular weight is 217 g/mol. The van der Waals surface area contributed by atoms with E-state index in [1.807, 2.05) is 18.2 Å². The Morgan fingerprint density at radius 3 is 2.27 bits per heavy atom. The minimum absolute atomic E-state index is 0.444. The molecule has 1 aromatic carbocycles. The van der Waals surface area contributed by atoms with Crippen molar-refractivity contribution in [2.75, 3.05) is 12.0 Å². The van der Waals surface area contributed by atoms with Crippen LogP contribution < -0.4 is 5.73 Å². The Morgan fingerprint density at radius 2 is 1.73 bits per heavy atom. The number of nitrogens with zero attached hydrogens (tertiary/aromatic N) is 2. The van der Waals surface area contributed by atoms with E-state index in [-0.39, 0.29) is 0 Å². The number of aromatic nitrogens is 2. The lowest BCUT2D eigenvalue weighted by molar-refractivity contribution is 1.05. The fraction of sp³-hybridized carbons (Fsp3) is 0.0909. The van der Waals surface area contributed by atoms with Gasteiger partial charge in [-0.15, -0.1) is 22.0 Å². The number of nitrogens with two attached hydrogens (primary N) is 1. The van der Waals surface area contributed by atoms with Gasteiger partial charge >= 0.3 is 0 Å². The van der Waals surface area contributed by atoms with E-state index in [1.165, 1.54) is 4.90 Å². The SMILES string of the molecule is CSc1ccc(-c2ccc(N)nn2)cc1. The highest BCUT2D eigenvalue weighted by atomic mass is 32.2. The van der Waals surface area contributed by atoms with Crippen molar-refractivity contribution in [3.05, 3.63) is 36.4 Å². The largest absolute Gasteiger partial charge is 0.382 e. The van der Waals surface area contributed by atoms with Crippen molar-refractivity contribution in [1.29, 1.82) is 0 Å². The average Bonchev–Trinajstić information content (AvgIpc) is 2.30. The molecule has 0 unspecified atom stereocenters. The van der Waals surface area contributed by atoms with Crippen molar-refractivity contribution in [1.82, 2.24) is 10.2 Å². The zero-order valence-corrected chi connectivity index (χ0v) is 9.16. The highest BCUT2D eigenvalue weighted by Gasteiger charge is 1.99. The maximum atomic E-state index is 5.47. The topological polar surface area (TPSA) is 51.8 Å². The van der Waals surface area contributed by atoms with Gasteiger partial charge in [-0.05, 0) is 30.5 Å². The lowest BCUT2D eigenvalue weighted by Crippen LogP contribution is -1.93. The molecule has 0 atom stereocenters. The van der Waals surface area contributed by atoms with E-state index in [2.05, 4.69) is 28.6 Å². The number of thioether (sulfide) groups is 1. The summed E-state index contributed by atoms with van der Waals surface area (Å²) in [7, 11) is 0. The van der Waals surface area contributed by atoms with E-state index in [9.17, 15) is 0 Å². The monoisotopic (exact) mass is 217 g/mol. The smallest absolute Gasteiger partial charge is 0.146 e. The summed E-state index contributed by atoms with van der Waals surface area (Å²) >= 11 is 1.72. The Labute approximate surface area is 92.7 Å². The standard InChI is InChI=1S/C11H11N3S/c1-15-9-4-2-8(3-5-9)10-6-7-11(12)14-13-10/h2-7H,1H3,(H2,12,14). The highest BCUT2D eigenvalue weighted by molar-refractivity contribution is 7.98. The van der Waals surface area contributed by atoms with Gasteiger partial charge in [0.15, 0.2) is 0 Å². The first kappa shape index (κ1) is 9.98. The van der Waals surface area contributed by atoms with E-state index >= 15 is 0 Å². The van der Waals surface area contributed by atoms with Crippen molar-refractivity contribution in [2.45, 2.75) is 4.90 Å². The summed E-state index contributed by atoms with van der Waals surface area (Å²) in [6.45, 7) is 0. The Morgan fingerprint density at radius 1 is 1.00 bits per heavy atom. The van der Waals surface area contributed by atoms with Crippen LogP contribution in [0, 0.1) is 0 Å². The molecule has 0 saturated carbocycles. The zero-order chi connectivity index (χ0) is 10.7. The fourth-order valence-electron chi connectivity index (χ4n) is 1.26. The first-order chi connectivity index (χ1) is 7.29. The quantitative estimate of drug-likeness (QED) is 0.785. The molecule has 2 aromatic rings. The Kier molecular flexibility index (Phi) is 2.87. The molecule has 15 heavy (non-hydrogen) atoms. The predicted molar refractivity (Wildman–Crippen MR) is 63.7 cm³/mol. The van der Waals surface area contributed by atoms with Crippen LogP contribution in [0.2, 0.25) is 0 Å². The highest BCUT2D eigenvalue weighted by Crippen LogP contribution is 2.21. The molecule has 4 heteroatoms. The van der Waals surface area contributed by atoms with E-state index in [4.69, 9.17) is 5.73 Å². The normalized spacial score (nSPS) is 10.2. The van der Waals surface area contributed by atoms with Crippen LogP contribution >= 0.6 is 11.8 Å². The Bertz CT molecular complexity index is 436. The first-order valence-electron chi connectivity index (χ1n) is 4.53. The summed E-state index contributed by atoms with van der Waals surface area (Å²) in [6.07, 6.45) is 2.05. The van der Waals surface area contributed by atoms with Gasteiger partial charge in [0.05, 0.1) is 5.69 Å². The van der Waals surface area contributed by atoms with Crippen molar-refractivity contribution in [3.63, 3.8) is 0 Å². The maximum absolute atomic E-state index is 5.47. The second-order valence-electron chi connectivity index (χ2n) is 3.07. The Hall–Kier alpha value is -1.55. The maximum Gasteiger partial charge on any atom is 0.146 e. The Balaban J connectivity index is 2.33. The second kappa shape index (κ2) is 4.31. The molecule has 2 N–H and O–H groups in total. The van der Waals surface area contributed by atoms with E-state index in [0.29, 0.717) is 5.82 Å². The van der Waals surface area contributed by atoms with Crippen molar-refractivity contribution >= 4 is 17.6 Å². The van der Waals surface area contributed by atoms with Crippen LogP contribution in [0.25, 0.3) is 11.3 Å².